The van der Waals surface area contributed by atoms with E-state index in [1.165, 1.54) is 4.90 Å². The van der Waals surface area contributed by atoms with Crippen molar-refractivity contribution in [2.24, 2.45) is 0 Å². The monoisotopic (exact) mass is 486 g/mol. The fraction of sp³-hybridized carbons (Fsp3) is 0.222. The maximum absolute atomic E-state index is 14.0. The zero-order chi connectivity index (χ0) is 25.4. The van der Waals surface area contributed by atoms with Crippen LogP contribution in [0, 0.1) is 0 Å². The van der Waals surface area contributed by atoms with Gasteiger partial charge in [0.25, 0.3) is 0 Å². The lowest BCUT2D eigenvalue weighted by Crippen LogP contribution is -2.46. The molecule has 36 heavy (non-hydrogen) atoms. The molecule has 0 unspecified atom stereocenters. The van der Waals surface area contributed by atoms with Crippen molar-refractivity contribution < 1.29 is 14.1 Å². The zero-order valence-corrected chi connectivity index (χ0v) is 20.2. The lowest BCUT2D eigenvalue weighted by atomic mass is 9.99. The number of benzene rings is 3. The number of rotatable bonds is 6. The summed E-state index contributed by atoms with van der Waals surface area (Å²) in [7, 11) is 1.58. The maximum atomic E-state index is 14.0. The molecule has 3 aromatic carbocycles. The predicted molar refractivity (Wildman–Crippen MR) is 135 cm³/mol. The third-order valence-electron chi connectivity index (χ3n) is 6.54. The number of urea groups is 1. The van der Waals surface area contributed by atoms with E-state index in [1.54, 1.807) is 54.5 Å². The van der Waals surface area contributed by atoms with Crippen molar-refractivity contribution in [1.29, 1.82) is 0 Å². The van der Waals surface area contributed by atoms with Gasteiger partial charge in [-0.25, -0.2) is 14.4 Å². The normalized spacial score (nSPS) is 17.0. The van der Waals surface area contributed by atoms with Crippen LogP contribution in [0.2, 0.25) is 0 Å². The first-order valence-electron chi connectivity index (χ1n) is 11.5. The molecule has 0 saturated carbocycles. The van der Waals surface area contributed by atoms with Gasteiger partial charge in [0.2, 0.25) is 0 Å². The number of amides is 2. The Balaban J connectivity index is 1.67. The van der Waals surface area contributed by atoms with Gasteiger partial charge in [0, 0.05) is 11.3 Å². The second-order valence-corrected chi connectivity index (χ2v) is 9.05. The second kappa shape index (κ2) is 8.92. The van der Waals surface area contributed by atoms with Crippen LogP contribution in [0.1, 0.15) is 25.6 Å². The number of methoxy groups -OCH3 is 1. The van der Waals surface area contributed by atoms with Gasteiger partial charge in [0.15, 0.2) is 6.17 Å². The van der Waals surface area contributed by atoms with Gasteiger partial charge >= 0.3 is 17.5 Å². The van der Waals surface area contributed by atoms with Gasteiger partial charge in [-0.15, -0.1) is 4.74 Å². The summed E-state index contributed by atoms with van der Waals surface area (Å²) in [5.74, 6) is -0.180. The molecule has 9 nitrogen and oxygen atoms in total. The lowest BCUT2D eigenvalue weighted by Gasteiger charge is -2.34. The van der Waals surface area contributed by atoms with Gasteiger partial charge in [-0.05, 0) is 44.2 Å². The van der Waals surface area contributed by atoms with Crippen LogP contribution in [0.3, 0.4) is 0 Å². The molecule has 1 atom stereocenters. The Morgan fingerprint density at radius 1 is 0.833 bits per heavy atom. The summed E-state index contributed by atoms with van der Waals surface area (Å²) in [6.07, 6.45) is -0.938. The molecule has 1 aromatic heterocycles. The number of carbonyl (C=O) groups is 1. The third kappa shape index (κ3) is 3.69. The highest BCUT2D eigenvalue weighted by atomic mass is 16.5. The summed E-state index contributed by atoms with van der Waals surface area (Å²) in [5, 5.41) is 0. The van der Waals surface area contributed by atoms with E-state index < -0.39 is 23.2 Å². The summed E-state index contributed by atoms with van der Waals surface area (Å²) in [6.45, 7) is 3.93. The number of hydrogen-bond acceptors (Lipinski definition) is 5. The van der Waals surface area contributed by atoms with Crippen molar-refractivity contribution in [3.05, 3.63) is 112 Å². The zero-order valence-electron chi connectivity index (χ0n) is 20.2. The smallest absolute Gasteiger partial charge is 0.447 e. The molecule has 1 aliphatic heterocycles. The summed E-state index contributed by atoms with van der Waals surface area (Å²) in [5.41, 5.74) is 0.137. The molecule has 0 spiro atoms. The Bertz CT molecular complexity index is 1500. The Kier molecular flexibility index (Phi) is 5.75. The second-order valence-electron chi connectivity index (χ2n) is 9.05. The quantitative estimate of drug-likeness (QED) is 0.411. The van der Waals surface area contributed by atoms with Crippen LogP contribution in [-0.4, -0.2) is 32.9 Å². The molecule has 1 aliphatic rings. The average Bonchev–Trinajstić information content (AvgIpc) is 3.28. The molecule has 0 aliphatic carbocycles. The topological polar surface area (TPSA) is 89.9 Å². The fourth-order valence-electron chi connectivity index (χ4n) is 4.73. The highest BCUT2D eigenvalue weighted by Gasteiger charge is 2.55. The Morgan fingerprint density at radius 3 is 2.06 bits per heavy atom. The minimum absolute atomic E-state index is 0.230. The largest absolute Gasteiger partial charge is 0.496 e. The Hall–Kier alpha value is -4.53. The highest BCUT2D eigenvalue weighted by Crippen LogP contribution is 2.43. The van der Waals surface area contributed by atoms with Crippen molar-refractivity contribution in [1.82, 2.24) is 14.2 Å². The number of aromatic nitrogens is 2. The van der Waals surface area contributed by atoms with E-state index in [0.29, 0.717) is 17.1 Å². The van der Waals surface area contributed by atoms with Crippen molar-refractivity contribution >= 4 is 11.7 Å². The standard InChI is InChI=1S/C27H26N4O5/c1-27(2)23(31-25(33)30(26(34)36-31)21-15-8-5-9-16-21)29(20-13-6-4-7-14-20)24(32)28(27)18-19-12-10-11-17-22(19)35-3/h4-17,23H,18H2,1-3H3/t23-/m1/s1. The first-order valence-corrected chi connectivity index (χ1v) is 11.5. The summed E-state index contributed by atoms with van der Waals surface area (Å²) >= 11 is 0. The maximum Gasteiger partial charge on any atom is 0.447 e. The van der Waals surface area contributed by atoms with Crippen LogP contribution in [0.4, 0.5) is 10.5 Å². The SMILES string of the molecule is COc1ccccc1CN1C(=O)N(c2ccccc2)[C@H](n2oc(=O)n(-c3ccccc3)c2=O)C1(C)C. The minimum Gasteiger partial charge on any atom is -0.496 e. The van der Waals surface area contributed by atoms with Crippen molar-refractivity contribution in [3.63, 3.8) is 0 Å². The summed E-state index contributed by atoms with van der Waals surface area (Å²) in [4.78, 5) is 43.5. The van der Waals surface area contributed by atoms with E-state index in [1.807, 2.05) is 56.3 Å². The van der Waals surface area contributed by atoms with Crippen LogP contribution in [-0.2, 0) is 6.54 Å². The summed E-state index contributed by atoms with van der Waals surface area (Å²) in [6, 6.07) is 24.7. The first-order chi connectivity index (χ1) is 17.3. The average molecular weight is 487 g/mol. The Labute approximate surface area is 207 Å². The third-order valence-corrected chi connectivity index (χ3v) is 6.54. The molecule has 1 saturated heterocycles. The molecular formula is C27H26N4O5. The van der Waals surface area contributed by atoms with Crippen LogP contribution in [0.15, 0.2) is 99.0 Å². The molecule has 2 amide bonds. The van der Waals surface area contributed by atoms with Gasteiger partial charge in [-0.3, -0.25) is 4.90 Å². The van der Waals surface area contributed by atoms with E-state index in [-0.39, 0.29) is 12.6 Å². The molecular weight excluding hydrogens is 460 g/mol. The van der Waals surface area contributed by atoms with Crippen LogP contribution in [0.25, 0.3) is 5.69 Å². The minimum atomic E-state index is -0.962. The number of ether oxygens (including phenoxy) is 1. The van der Waals surface area contributed by atoms with Crippen molar-refractivity contribution in [2.45, 2.75) is 32.1 Å². The molecule has 9 heteroatoms. The van der Waals surface area contributed by atoms with E-state index in [0.717, 1.165) is 14.9 Å². The van der Waals surface area contributed by atoms with Crippen LogP contribution in [0.5, 0.6) is 5.75 Å². The molecule has 5 rings (SSSR count). The number of carbonyl (C=O) groups excluding carboxylic acids is 1. The number of para-hydroxylation sites is 3. The highest BCUT2D eigenvalue weighted by molar-refractivity contribution is 5.95. The molecule has 0 bridgehead atoms. The Morgan fingerprint density at radius 2 is 1.42 bits per heavy atom. The van der Waals surface area contributed by atoms with Gasteiger partial charge in [-0.1, -0.05) is 54.6 Å². The molecule has 0 radical (unpaired) electrons. The number of anilines is 1. The van der Waals surface area contributed by atoms with E-state index in [9.17, 15) is 14.4 Å². The lowest BCUT2D eigenvalue weighted by molar-refractivity contribution is 0.0927. The molecule has 184 valence electrons. The molecule has 0 N–H and O–H groups in total. The van der Waals surface area contributed by atoms with E-state index in [4.69, 9.17) is 9.26 Å². The van der Waals surface area contributed by atoms with E-state index in [2.05, 4.69) is 0 Å². The fourth-order valence-corrected chi connectivity index (χ4v) is 4.73. The predicted octanol–water partition coefficient (Wildman–Crippen LogP) is 4.02. The first kappa shape index (κ1) is 23.2. The van der Waals surface area contributed by atoms with Gasteiger partial charge in [0.1, 0.15) is 5.75 Å². The van der Waals surface area contributed by atoms with Gasteiger partial charge in [-0.2, -0.15) is 4.57 Å². The van der Waals surface area contributed by atoms with E-state index >= 15 is 0 Å². The number of hydrogen-bond donors (Lipinski definition) is 0. The van der Waals surface area contributed by atoms with Crippen LogP contribution < -0.4 is 21.1 Å². The number of nitrogens with zero attached hydrogens (tertiary/aromatic N) is 4. The van der Waals surface area contributed by atoms with Crippen LogP contribution >= 0.6 is 0 Å². The molecule has 4 aromatic rings. The van der Waals surface area contributed by atoms with Gasteiger partial charge in [0.05, 0.1) is 24.9 Å². The van der Waals surface area contributed by atoms with Crippen molar-refractivity contribution in [2.75, 3.05) is 12.0 Å². The molecule has 1 fully saturated rings. The van der Waals surface area contributed by atoms with Crippen molar-refractivity contribution in [3.8, 4) is 11.4 Å². The summed E-state index contributed by atoms with van der Waals surface area (Å²) < 4.78 is 13.0. The van der Waals surface area contributed by atoms with Gasteiger partial charge < -0.3 is 14.2 Å². The molecule has 2 heterocycles.